The van der Waals surface area contributed by atoms with Crippen LogP contribution in [0.25, 0.3) is 6.08 Å². The van der Waals surface area contributed by atoms with E-state index in [0.29, 0.717) is 6.61 Å². The van der Waals surface area contributed by atoms with Gasteiger partial charge in [-0.15, -0.1) is 11.3 Å². The number of aryl methyl sites for hydroxylation is 2. The normalized spacial score (nSPS) is 11.0. The molecule has 0 saturated carbocycles. The number of rotatable bonds is 5. The van der Waals surface area contributed by atoms with Crippen molar-refractivity contribution in [3.05, 3.63) is 55.7 Å². The van der Waals surface area contributed by atoms with E-state index in [0.717, 1.165) is 31.1 Å². The Morgan fingerprint density at radius 1 is 1.33 bits per heavy atom. The molecule has 1 aromatic carbocycles. The van der Waals surface area contributed by atoms with Crippen molar-refractivity contribution in [2.24, 2.45) is 0 Å². The minimum absolute atomic E-state index is 0.0271. The Kier molecular flexibility index (Phi) is 5.37. The summed E-state index contributed by atoms with van der Waals surface area (Å²) in [5, 5.41) is 0. The van der Waals surface area contributed by atoms with Crippen LogP contribution in [0, 0.1) is 13.8 Å². The number of benzene rings is 1. The third kappa shape index (κ3) is 4.05. The smallest absolute Gasteiger partial charge is 0.186 e. The fourth-order valence-corrected chi connectivity index (χ4v) is 3.38. The highest BCUT2D eigenvalue weighted by Gasteiger charge is 2.09. The molecule has 110 valence electrons. The summed E-state index contributed by atoms with van der Waals surface area (Å²) >= 11 is 5.09. The van der Waals surface area contributed by atoms with Gasteiger partial charge in [0.05, 0.1) is 6.61 Å². The minimum Gasteiger partial charge on any atom is -0.493 e. The lowest BCUT2D eigenvalue weighted by Gasteiger charge is -2.07. The highest BCUT2D eigenvalue weighted by molar-refractivity contribution is 9.10. The second-order valence-corrected chi connectivity index (χ2v) is 7.02. The standard InChI is InChI=1S/C17H17BrO2S/c1-4-20-17-8-6-14(18)10-13(17)5-7-16(19)15-9-11(2)21-12(15)3/h5-10H,4H2,1-3H3/b7-5+. The van der Waals surface area contributed by atoms with E-state index in [1.807, 2.05) is 51.1 Å². The maximum Gasteiger partial charge on any atom is 0.186 e. The van der Waals surface area contributed by atoms with E-state index in [9.17, 15) is 4.79 Å². The first kappa shape index (κ1) is 16.0. The van der Waals surface area contributed by atoms with Crippen LogP contribution >= 0.6 is 27.3 Å². The lowest BCUT2D eigenvalue weighted by Crippen LogP contribution is -1.96. The van der Waals surface area contributed by atoms with Crippen LogP contribution in [-0.4, -0.2) is 12.4 Å². The molecular weight excluding hydrogens is 348 g/mol. The maximum atomic E-state index is 12.3. The highest BCUT2D eigenvalue weighted by Crippen LogP contribution is 2.26. The maximum absolute atomic E-state index is 12.3. The zero-order valence-electron chi connectivity index (χ0n) is 12.3. The number of hydrogen-bond acceptors (Lipinski definition) is 3. The first-order valence-electron chi connectivity index (χ1n) is 6.73. The van der Waals surface area contributed by atoms with E-state index in [1.165, 1.54) is 0 Å². The molecule has 0 amide bonds. The van der Waals surface area contributed by atoms with Crippen molar-refractivity contribution < 1.29 is 9.53 Å². The average Bonchev–Trinajstić information content (AvgIpc) is 2.78. The number of allylic oxidation sites excluding steroid dienone is 1. The van der Waals surface area contributed by atoms with Crippen LogP contribution in [0.3, 0.4) is 0 Å². The van der Waals surface area contributed by atoms with Crippen LogP contribution in [0.5, 0.6) is 5.75 Å². The predicted molar refractivity (Wildman–Crippen MR) is 92.5 cm³/mol. The van der Waals surface area contributed by atoms with E-state index < -0.39 is 0 Å². The molecule has 0 bridgehead atoms. The largest absolute Gasteiger partial charge is 0.493 e. The van der Waals surface area contributed by atoms with Gasteiger partial charge >= 0.3 is 0 Å². The topological polar surface area (TPSA) is 26.3 Å². The number of halogens is 1. The third-order valence-corrected chi connectivity index (χ3v) is 4.45. The number of carbonyl (C=O) groups excluding carboxylic acids is 1. The number of hydrogen-bond donors (Lipinski definition) is 0. The van der Waals surface area contributed by atoms with Crippen molar-refractivity contribution in [1.29, 1.82) is 0 Å². The molecule has 0 saturated heterocycles. The monoisotopic (exact) mass is 364 g/mol. The molecule has 0 radical (unpaired) electrons. The fraction of sp³-hybridized carbons (Fsp3) is 0.235. The van der Waals surface area contributed by atoms with Crippen LogP contribution < -0.4 is 4.74 Å². The van der Waals surface area contributed by atoms with E-state index in [1.54, 1.807) is 17.4 Å². The van der Waals surface area contributed by atoms with Crippen LogP contribution in [0.4, 0.5) is 0 Å². The molecule has 1 aromatic heterocycles. The summed E-state index contributed by atoms with van der Waals surface area (Å²) in [6.07, 6.45) is 3.42. The molecule has 2 rings (SSSR count). The average molecular weight is 365 g/mol. The number of thiophene rings is 1. The number of carbonyl (C=O) groups is 1. The summed E-state index contributed by atoms with van der Waals surface area (Å²) in [6, 6.07) is 7.71. The second kappa shape index (κ2) is 7.05. The Balaban J connectivity index is 2.26. The van der Waals surface area contributed by atoms with Gasteiger partial charge in [0.1, 0.15) is 5.75 Å². The third-order valence-electron chi connectivity index (χ3n) is 2.99. The van der Waals surface area contributed by atoms with Crippen LogP contribution in [0.15, 0.2) is 34.8 Å². The van der Waals surface area contributed by atoms with Crippen molar-refractivity contribution in [3.8, 4) is 5.75 Å². The molecule has 21 heavy (non-hydrogen) atoms. The SMILES string of the molecule is CCOc1ccc(Br)cc1/C=C/C(=O)c1cc(C)sc1C. The molecule has 0 unspecified atom stereocenters. The Hall–Kier alpha value is -1.39. The summed E-state index contributed by atoms with van der Waals surface area (Å²) in [5.74, 6) is 0.808. The Bertz CT molecular complexity index is 686. The van der Waals surface area contributed by atoms with Crippen LogP contribution in [0.1, 0.15) is 32.6 Å². The Morgan fingerprint density at radius 3 is 2.71 bits per heavy atom. The van der Waals surface area contributed by atoms with E-state index in [-0.39, 0.29) is 5.78 Å². The second-order valence-electron chi connectivity index (χ2n) is 4.64. The first-order chi connectivity index (χ1) is 10.0. The number of ether oxygens (including phenoxy) is 1. The lowest BCUT2D eigenvalue weighted by molar-refractivity contribution is 0.104. The lowest BCUT2D eigenvalue weighted by atomic mass is 10.1. The summed E-state index contributed by atoms with van der Waals surface area (Å²) < 4.78 is 6.54. The molecular formula is C17H17BrO2S. The first-order valence-corrected chi connectivity index (χ1v) is 8.34. The molecule has 0 spiro atoms. The van der Waals surface area contributed by atoms with Crippen molar-refractivity contribution in [1.82, 2.24) is 0 Å². The summed E-state index contributed by atoms with van der Waals surface area (Å²) in [7, 11) is 0. The van der Waals surface area contributed by atoms with Gasteiger partial charge in [-0.05, 0) is 57.2 Å². The van der Waals surface area contributed by atoms with Gasteiger partial charge in [0.2, 0.25) is 0 Å². The quantitative estimate of drug-likeness (QED) is 0.522. The minimum atomic E-state index is 0.0271. The summed E-state index contributed by atoms with van der Waals surface area (Å²) in [6.45, 7) is 6.53. The van der Waals surface area contributed by atoms with E-state index >= 15 is 0 Å². The highest BCUT2D eigenvalue weighted by atomic mass is 79.9. The molecule has 1 heterocycles. The zero-order valence-corrected chi connectivity index (χ0v) is 14.7. The fourth-order valence-electron chi connectivity index (χ4n) is 2.07. The van der Waals surface area contributed by atoms with Gasteiger partial charge in [-0.3, -0.25) is 4.79 Å². The van der Waals surface area contributed by atoms with Crippen molar-refractivity contribution >= 4 is 39.1 Å². The predicted octanol–water partition coefficient (Wildman–Crippen LogP) is 5.42. The van der Waals surface area contributed by atoms with Gasteiger partial charge in [0, 0.05) is 25.4 Å². The molecule has 0 aliphatic heterocycles. The van der Waals surface area contributed by atoms with Crippen molar-refractivity contribution in [2.75, 3.05) is 6.61 Å². The van der Waals surface area contributed by atoms with Crippen molar-refractivity contribution in [3.63, 3.8) is 0 Å². The molecule has 0 N–H and O–H groups in total. The molecule has 2 nitrogen and oxygen atoms in total. The van der Waals surface area contributed by atoms with Gasteiger partial charge in [-0.1, -0.05) is 15.9 Å². The molecule has 4 heteroatoms. The van der Waals surface area contributed by atoms with Gasteiger partial charge in [-0.25, -0.2) is 0 Å². The Morgan fingerprint density at radius 2 is 2.10 bits per heavy atom. The van der Waals surface area contributed by atoms with E-state index in [2.05, 4.69) is 15.9 Å². The Labute approximate surface area is 137 Å². The van der Waals surface area contributed by atoms with Gasteiger partial charge in [-0.2, -0.15) is 0 Å². The molecule has 2 aromatic rings. The number of ketones is 1. The molecule has 0 aliphatic rings. The van der Waals surface area contributed by atoms with E-state index in [4.69, 9.17) is 4.74 Å². The van der Waals surface area contributed by atoms with Gasteiger partial charge in [0.15, 0.2) is 5.78 Å². The summed E-state index contributed by atoms with van der Waals surface area (Å²) in [4.78, 5) is 14.5. The van der Waals surface area contributed by atoms with Gasteiger partial charge in [0.25, 0.3) is 0 Å². The molecule has 0 atom stereocenters. The zero-order chi connectivity index (χ0) is 15.4. The van der Waals surface area contributed by atoms with Crippen LogP contribution in [-0.2, 0) is 0 Å². The van der Waals surface area contributed by atoms with Crippen molar-refractivity contribution in [2.45, 2.75) is 20.8 Å². The molecule has 0 fully saturated rings. The van der Waals surface area contributed by atoms with Crippen LogP contribution in [0.2, 0.25) is 0 Å². The summed E-state index contributed by atoms with van der Waals surface area (Å²) in [5.41, 5.74) is 1.67. The molecule has 0 aliphatic carbocycles. The van der Waals surface area contributed by atoms with Gasteiger partial charge < -0.3 is 4.74 Å².